The van der Waals surface area contributed by atoms with E-state index in [0.717, 1.165) is 48.6 Å². The fraction of sp³-hybridized carbons (Fsp3) is 0.500. The molecule has 0 unspecified atom stereocenters. The highest BCUT2D eigenvalue weighted by atomic mass is 35.5. The number of hydrogen-bond donors (Lipinski definition) is 0. The summed E-state index contributed by atoms with van der Waals surface area (Å²) in [5.41, 5.74) is 2.98. The van der Waals surface area contributed by atoms with E-state index >= 15 is 0 Å². The van der Waals surface area contributed by atoms with Gasteiger partial charge in [-0.1, -0.05) is 0 Å². The molecule has 3 heterocycles. The van der Waals surface area contributed by atoms with Crippen LogP contribution in [0.4, 0.5) is 0 Å². The molecule has 0 aliphatic heterocycles. The van der Waals surface area contributed by atoms with Gasteiger partial charge in [-0.25, -0.2) is 9.97 Å². The zero-order valence-corrected chi connectivity index (χ0v) is 13.1. The predicted octanol–water partition coefficient (Wildman–Crippen LogP) is 2.49. The van der Waals surface area contributed by atoms with Crippen molar-refractivity contribution in [2.45, 2.75) is 38.7 Å². The normalized spacial score (nSPS) is 11.6. The Morgan fingerprint density at radius 3 is 2.76 bits per heavy atom. The molecule has 0 saturated carbocycles. The average molecular weight is 307 g/mol. The van der Waals surface area contributed by atoms with E-state index in [9.17, 15) is 0 Å². The van der Waals surface area contributed by atoms with Crippen molar-refractivity contribution >= 4 is 22.8 Å². The molecule has 0 spiro atoms. The maximum absolute atomic E-state index is 6.03. The van der Waals surface area contributed by atoms with Crippen LogP contribution >= 0.6 is 11.6 Å². The van der Waals surface area contributed by atoms with Gasteiger partial charge in [0.2, 0.25) is 0 Å². The van der Waals surface area contributed by atoms with Crippen LogP contribution in [0, 0.1) is 6.92 Å². The third kappa shape index (κ3) is 2.68. The van der Waals surface area contributed by atoms with Crippen LogP contribution in [0.15, 0.2) is 18.7 Å². The minimum atomic E-state index is 0.426. The molecule has 0 saturated heterocycles. The number of aromatic nitrogens is 6. The van der Waals surface area contributed by atoms with Crippen molar-refractivity contribution in [3.63, 3.8) is 0 Å². The predicted molar refractivity (Wildman–Crippen MR) is 82.3 cm³/mol. The molecule has 3 aromatic rings. The summed E-state index contributed by atoms with van der Waals surface area (Å²) in [5, 5.41) is 4.43. The lowest BCUT2D eigenvalue weighted by Gasteiger charge is -2.08. The number of unbranched alkanes of at least 4 members (excludes halogenated alkanes) is 1. The van der Waals surface area contributed by atoms with Crippen molar-refractivity contribution in [1.82, 2.24) is 28.9 Å². The molecule has 3 aromatic heterocycles. The van der Waals surface area contributed by atoms with E-state index in [1.54, 1.807) is 0 Å². The Hall–Kier alpha value is -1.82. The Kier molecular flexibility index (Phi) is 3.96. The molecule has 0 N–H and O–H groups in total. The van der Waals surface area contributed by atoms with Gasteiger partial charge in [0, 0.05) is 32.5 Å². The first-order valence-electron chi connectivity index (χ1n) is 7.11. The molecule has 0 aliphatic rings. The molecule has 0 radical (unpaired) electrons. The summed E-state index contributed by atoms with van der Waals surface area (Å²) in [5.74, 6) is 1.35. The minimum absolute atomic E-state index is 0.426. The fourth-order valence-electron chi connectivity index (χ4n) is 2.70. The molecule has 0 bridgehead atoms. The Balaban J connectivity index is 1.73. The first kappa shape index (κ1) is 14.1. The SMILES string of the molecule is Cc1nn(C)c2c1nc(CCl)n2CCCCn1ccnc1. The second-order valence-corrected chi connectivity index (χ2v) is 5.47. The van der Waals surface area contributed by atoms with E-state index in [1.165, 1.54) is 0 Å². The summed E-state index contributed by atoms with van der Waals surface area (Å²) in [6, 6.07) is 0. The van der Waals surface area contributed by atoms with Gasteiger partial charge >= 0.3 is 0 Å². The lowest BCUT2D eigenvalue weighted by Crippen LogP contribution is -2.07. The van der Waals surface area contributed by atoms with Crippen LogP contribution in [0.3, 0.4) is 0 Å². The van der Waals surface area contributed by atoms with Crippen molar-refractivity contribution in [3.05, 3.63) is 30.2 Å². The summed E-state index contributed by atoms with van der Waals surface area (Å²) in [6.07, 6.45) is 7.81. The third-order valence-corrected chi connectivity index (χ3v) is 3.93. The summed E-state index contributed by atoms with van der Waals surface area (Å²) in [4.78, 5) is 8.66. The summed E-state index contributed by atoms with van der Waals surface area (Å²) in [7, 11) is 1.96. The Morgan fingerprint density at radius 1 is 1.24 bits per heavy atom. The van der Waals surface area contributed by atoms with Crippen LogP contribution in [0.1, 0.15) is 24.4 Å². The van der Waals surface area contributed by atoms with Crippen LogP contribution in [0.5, 0.6) is 0 Å². The van der Waals surface area contributed by atoms with E-state index < -0.39 is 0 Å². The van der Waals surface area contributed by atoms with Crippen LogP contribution in [-0.4, -0.2) is 28.9 Å². The number of rotatable bonds is 6. The molecule has 0 aliphatic carbocycles. The Morgan fingerprint density at radius 2 is 2.05 bits per heavy atom. The lowest BCUT2D eigenvalue weighted by molar-refractivity contribution is 0.545. The average Bonchev–Trinajstić information content (AvgIpc) is 3.15. The van der Waals surface area contributed by atoms with Crippen molar-refractivity contribution < 1.29 is 0 Å². The van der Waals surface area contributed by atoms with Gasteiger partial charge in [-0.2, -0.15) is 5.10 Å². The van der Waals surface area contributed by atoms with E-state index in [-0.39, 0.29) is 0 Å². The first-order chi connectivity index (χ1) is 10.2. The molecule has 7 heteroatoms. The fourth-order valence-corrected chi connectivity index (χ4v) is 2.90. The van der Waals surface area contributed by atoms with Crippen LogP contribution in [0.2, 0.25) is 0 Å². The Labute approximate surface area is 128 Å². The lowest BCUT2D eigenvalue weighted by atomic mass is 10.3. The van der Waals surface area contributed by atoms with Gasteiger partial charge in [-0.15, -0.1) is 11.6 Å². The largest absolute Gasteiger partial charge is 0.337 e. The molecular formula is C14H19ClN6. The standard InChI is InChI=1S/C14H19ClN6/c1-11-13-14(19(2)18-11)21(12(9-15)17-13)7-4-3-6-20-8-5-16-10-20/h5,8,10H,3-4,6-7,9H2,1-2H3. The zero-order valence-electron chi connectivity index (χ0n) is 12.3. The monoisotopic (exact) mass is 306 g/mol. The number of fused-ring (bicyclic) bond motifs is 1. The van der Waals surface area contributed by atoms with Crippen LogP contribution in [0.25, 0.3) is 11.2 Å². The van der Waals surface area contributed by atoms with E-state index in [4.69, 9.17) is 11.6 Å². The molecule has 6 nitrogen and oxygen atoms in total. The highest BCUT2D eigenvalue weighted by Gasteiger charge is 2.16. The zero-order chi connectivity index (χ0) is 14.8. The number of halogens is 1. The quantitative estimate of drug-likeness (QED) is 0.519. The van der Waals surface area contributed by atoms with Gasteiger partial charge in [0.05, 0.1) is 17.9 Å². The molecule has 112 valence electrons. The highest BCUT2D eigenvalue weighted by Crippen LogP contribution is 2.20. The topological polar surface area (TPSA) is 53.5 Å². The Bertz CT molecular complexity index is 724. The molecule has 0 aromatic carbocycles. The van der Waals surface area contributed by atoms with Gasteiger partial charge in [-0.05, 0) is 19.8 Å². The van der Waals surface area contributed by atoms with E-state index in [2.05, 4.69) is 24.2 Å². The maximum Gasteiger partial charge on any atom is 0.158 e. The smallest absolute Gasteiger partial charge is 0.158 e. The number of imidazole rings is 2. The number of nitrogens with zero attached hydrogens (tertiary/aromatic N) is 6. The van der Waals surface area contributed by atoms with Crippen molar-refractivity contribution in [1.29, 1.82) is 0 Å². The number of hydrogen-bond acceptors (Lipinski definition) is 3. The molecule has 0 amide bonds. The number of aryl methyl sites for hydroxylation is 4. The van der Waals surface area contributed by atoms with Gasteiger partial charge in [0.1, 0.15) is 11.3 Å². The second-order valence-electron chi connectivity index (χ2n) is 5.20. The van der Waals surface area contributed by atoms with Crippen LogP contribution < -0.4 is 0 Å². The summed E-state index contributed by atoms with van der Waals surface area (Å²) >= 11 is 6.03. The van der Waals surface area contributed by atoms with Gasteiger partial charge in [0.25, 0.3) is 0 Å². The summed E-state index contributed by atoms with van der Waals surface area (Å²) in [6.45, 7) is 3.88. The van der Waals surface area contributed by atoms with E-state index in [1.807, 2.05) is 37.4 Å². The molecule has 3 rings (SSSR count). The second kappa shape index (κ2) is 5.89. The first-order valence-corrected chi connectivity index (χ1v) is 7.64. The molecule has 21 heavy (non-hydrogen) atoms. The van der Waals surface area contributed by atoms with Crippen molar-refractivity contribution in [2.24, 2.45) is 7.05 Å². The van der Waals surface area contributed by atoms with E-state index in [0.29, 0.717) is 5.88 Å². The van der Waals surface area contributed by atoms with Gasteiger partial charge in [0.15, 0.2) is 5.65 Å². The maximum atomic E-state index is 6.03. The molecular weight excluding hydrogens is 288 g/mol. The van der Waals surface area contributed by atoms with Crippen molar-refractivity contribution in [3.8, 4) is 0 Å². The molecule has 0 fully saturated rings. The molecule has 0 atom stereocenters. The highest BCUT2D eigenvalue weighted by molar-refractivity contribution is 6.16. The third-order valence-electron chi connectivity index (χ3n) is 3.70. The van der Waals surface area contributed by atoms with Gasteiger partial charge in [-0.3, -0.25) is 4.68 Å². The van der Waals surface area contributed by atoms with Gasteiger partial charge < -0.3 is 9.13 Å². The van der Waals surface area contributed by atoms with Crippen molar-refractivity contribution in [2.75, 3.05) is 0 Å². The number of alkyl halides is 1. The van der Waals surface area contributed by atoms with Crippen LogP contribution in [-0.2, 0) is 26.0 Å². The minimum Gasteiger partial charge on any atom is -0.337 e. The summed E-state index contributed by atoms with van der Waals surface area (Å²) < 4.78 is 6.18.